The zero-order valence-corrected chi connectivity index (χ0v) is 15.7. The molecule has 1 aliphatic rings. The number of ether oxygens (including phenoxy) is 1. The van der Waals surface area contributed by atoms with E-state index in [1.165, 1.54) is 24.3 Å². The number of rotatable bonds is 6. The molecule has 7 nitrogen and oxygen atoms in total. The van der Waals surface area contributed by atoms with Crippen LogP contribution >= 0.6 is 0 Å². The zero-order chi connectivity index (χ0) is 21.2. The number of hydrogen-bond acceptors (Lipinski definition) is 5. The quantitative estimate of drug-likeness (QED) is 0.733. The largest absolute Gasteiger partial charge is 0.435 e. The molecule has 2 N–H and O–H groups in total. The third kappa shape index (κ3) is 4.86. The van der Waals surface area contributed by atoms with Crippen LogP contribution in [-0.4, -0.2) is 49.0 Å². The monoisotopic (exact) mass is 430 g/mol. The van der Waals surface area contributed by atoms with Crippen molar-refractivity contribution < 1.29 is 36.2 Å². The Kier molecular flexibility index (Phi) is 6.10. The number of nitrogens with one attached hydrogen (secondary N) is 1. The van der Waals surface area contributed by atoms with Gasteiger partial charge in [0.05, 0.1) is 11.0 Å². The van der Waals surface area contributed by atoms with Crippen LogP contribution in [0.15, 0.2) is 53.4 Å². The molecule has 0 aliphatic carbocycles. The lowest BCUT2D eigenvalue weighted by atomic mass is 10.2. The maximum absolute atomic E-state index is 13.1. The van der Waals surface area contributed by atoms with E-state index in [-0.39, 0.29) is 29.3 Å². The second-order valence-corrected chi connectivity index (χ2v) is 8.22. The lowest BCUT2D eigenvalue weighted by Gasteiger charge is -2.23. The Bertz CT molecular complexity index is 968. The molecule has 1 heterocycles. The van der Waals surface area contributed by atoms with E-state index < -0.39 is 40.5 Å². The van der Waals surface area contributed by atoms with Crippen LogP contribution < -0.4 is 10.1 Å². The van der Waals surface area contributed by atoms with Crippen molar-refractivity contribution >= 4 is 21.6 Å². The summed E-state index contributed by atoms with van der Waals surface area (Å²) in [7, 11) is -4.15. The first-order chi connectivity index (χ1) is 13.7. The molecule has 3 rings (SSSR count). The number of alkyl halides is 2. The van der Waals surface area contributed by atoms with Gasteiger partial charge in [0.2, 0.25) is 15.9 Å². The number of nitrogens with zero attached hydrogens (tertiary/aromatic N) is 1. The van der Waals surface area contributed by atoms with Crippen molar-refractivity contribution in [1.82, 2.24) is 4.31 Å². The number of carbonyl (C=O) groups is 1. The van der Waals surface area contributed by atoms with E-state index in [2.05, 4.69) is 10.1 Å². The predicted molar refractivity (Wildman–Crippen MR) is 96.4 cm³/mol. The van der Waals surface area contributed by atoms with E-state index in [4.69, 9.17) is 0 Å². The third-order valence-corrected chi connectivity index (χ3v) is 6.19. The van der Waals surface area contributed by atoms with Gasteiger partial charge in [0.15, 0.2) is 0 Å². The van der Waals surface area contributed by atoms with Gasteiger partial charge < -0.3 is 15.2 Å². The maximum Gasteiger partial charge on any atom is 0.387 e. The van der Waals surface area contributed by atoms with Gasteiger partial charge in [0.25, 0.3) is 0 Å². The number of benzene rings is 2. The summed E-state index contributed by atoms with van der Waals surface area (Å²) in [6.45, 7) is -3.28. The van der Waals surface area contributed by atoms with Crippen LogP contribution in [0.1, 0.15) is 6.42 Å². The Morgan fingerprint density at radius 3 is 2.34 bits per heavy atom. The molecule has 0 bridgehead atoms. The molecule has 11 heteroatoms. The van der Waals surface area contributed by atoms with Crippen molar-refractivity contribution in [2.75, 3.05) is 11.9 Å². The molecular weight excluding hydrogens is 413 g/mol. The van der Waals surface area contributed by atoms with Gasteiger partial charge in [-0.25, -0.2) is 12.8 Å². The fraction of sp³-hybridized carbons (Fsp3) is 0.278. The Morgan fingerprint density at radius 2 is 1.76 bits per heavy atom. The highest BCUT2D eigenvalue weighted by Gasteiger charge is 2.43. The number of anilines is 1. The molecule has 0 radical (unpaired) electrons. The molecule has 1 saturated heterocycles. The highest BCUT2D eigenvalue weighted by atomic mass is 32.2. The molecule has 2 atom stereocenters. The standard InChI is InChI=1S/C18H17F3N2O5S/c19-11-1-7-15(8-2-11)29(26,27)23-10-13(24)9-16(23)17(25)22-12-3-5-14(6-4-12)28-18(20)21/h1-8,13,16,18,24H,9-10H2,(H,22,25)/t13-,16-/m1/s1. The minimum atomic E-state index is -4.15. The number of aliphatic hydroxyl groups is 1. The predicted octanol–water partition coefficient (Wildman–Crippen LogP) is 2.19. The van der Waals surface area contributed by atoms with Gasteiger partial charge in [-0.2, -0.15) is 13.1 Å². The smallest absolute Gasteiger partial charge is 0.387 e. The fourth-order valence-corrected chi connectivity index (χ4v) is 4.61. The molecule has 1 aliphatic heterocycles. The molecule has 29 heavy (non-hydrogen) atoms. The van der Waals surface area contributed by atoms with Crippen molar-refractivity contribution in [1.29, 1.82) is 0 Å². The van der Waals surface area contributed by atoms with Crippen LogP contribution in [0.5, 0.6) is 5.75 Å². The summed E-state index contributed by atoms with van der Waals surface area (Å²) >= 11 is 0. The first kappa shape index (κ1) is 21.1. The van der Waals surface area contributed by atoms with Crippen LogP contribution in [0.2, 0.25) is 0 Å². The first-order valence-corrected chi connectivity index (χ1v) is 9.92. The number of aliphatic hydroxyl groups excluding tert-OH is 1. The van der Waals surface area contributed by atoms with E-state index in [9.17, 15) is 31.5 Å². The summed E-state index contributed by atoms with van der Waals surface area (Å²) < 4.78 is 68.2. The normalized spacial score (nSPS) is 20.0. The highest BCUT2D eigenvalue weighted by Crippen LogP contribution is 2.28. The van der Waals surface area contributed by atoms with E-state index in [0.717, 1.165) is 28.6 Å². The lowest BCUT2D eigenvalue weighted by Crippen LogP contribution is -2.43. The summed E-state index contributed by atoms with van der Waals surface area (Å²) in [5, 5.41) is 12.4. The van der Waals surface area contributed by atoms with Crippen molar-refractivity contribution in [3.63, 3.8) is 0 Å². The third-order valence-electron chi connectivity index (χ3n) is 4.30. The number of hydrogen-bond donors (Lipinski definition) is 2. The second-order valence-electron chi connectivity index (χ2n) is 6.33. The van der Waals surface area contributed by atoms with Gasteiger partial charge in [-0.15, -0.1) is 0 Å². The zero-order valence-electron chi connectivity index (χ0n) is 14.8. The molecule has 0 saturated carbocycles. The van der Waals surface area contributed by atoms with Crippen LogP contribution in [0.25, 0.3) is 0 Å². The highest BCUT2D eigenvalue weighted by molar-refractivity contribution is 7.89. The number of halogens is 3. The summed E-state index contributed by atoms with van der Waals surface area (Å²) in [5.41, 5.74) is 0.233. The summed E-state index contributed by atoms with van der Waals surface area (Å²) in [4.78, 5) is 12.4. The average Bonchev–Trinajstić information content (AvgIpc) is 3.06. The Labute approximate surface area is 164 Å². The Hall–Kier alpha value is -2.63. The number of carbonyl (C=O) groups excluding carboxylic acids is 1. The number of β-amino-alcohol motifs (C(OH)–C–C–N with tert-alkyl or cyclic N) is 1. The minimum absolute atomic E-state index is 0.102. The van der Waals surface area contributed by atoms with E-state index >= 15 is 0 Å². The molecule has 2 aromatic rings. The molecule has 1 amide bonds. The van der Waals surface area contributed by atoms with Gasteiger partial charge in [-0.05, 0) is 48.5 Å². The Morgan fingerprint density at radius 1 is 1.14 bits per heavy atom. The van der Waals surface area contributed by atoms with Crippen molar-refractivity contribution in [2.24, 2.45) is 0 Å². The van der Waals surface area contributed by atoms with Gasteiger partial charge in [0.1, 0.15) is 17.6 Å². The molecule has 0 unspecified atom stereocenters. The van der Waals surface area contributed by atoms with E-state index in [1.807, 2.05) is 0 Å². The molecule has 0 aromatic heterocycles. The van der Waals surface area contributed by atoms with Crippen LogP contribution in [-0.2, 0) is 14.8 Å². The van der Waals surface area contributed by atoms with Gasteiger partial charge in [-0.1, -0.05) is 0 Å². The van der Waals surface area contributed by atoms with E-state index in [1.54, 1.807) is 0 Å². The Balaban J connectivity index is 1.77. The minimum Gasteiger partial charge on any atom is -0.435 e. The van der Waals surface area contributed by atoms with Crippen LogP contribution in [0.4, 0.5) is 18.9 Å². The maximum atomic E-state index is 13.1. The van der Waals surface area contributed by atoms with Crippen molar-refractivity contribution in [3.8, 4) is 5.75 Å². The van der Waals surface area contributed by atoms with Crippen LogP contribution in [0.3, 0.4) is 0 Å². The summed E-state index contributed by atoms with van der Waals surface area (Å²) in [6, 6.07) is 8.00. The van der Waals surface area contributed by atoms with Crippen molar-refractivity contribution in [2.45, 2.75) is 30.1 Å². The SMILES string of the molecule is O=C(Nc1ccc(OC(F)F)cc1)[C@H]1C[C@@H](O)CN1S(=O)(=O)c1ccc(F)cc1. The summed E-state index contributed by atoms with van der Waals surface area (Å²) in [6.07, 6.45) is -1.18. The second kappa shape index (κ2) is 8.39. The average molecular weight is 430 g/mol. The van der Waals surface area contributed by atoms with Gasteiger partial charge in [0, 0.05) is 18.7 Å². The fourth-order valence-electron chi connectivity index (χ4n) is 2.98. The van der Waals surface area contributed by atoms with E-state index in [0.29, 0.717) is 0 Å². The first-order valence-electron chi connectivity index (χ1n) is 8.48. The van der Waals surface area contributed by atoms with Gasteiger partial charge in [-0.3, -0.25) is 4.79 Å². The number of amides is 1. The van der Waals surface area contributed by atoms with Crippen LogP contribution in [0, 0.1) is 5.82 Å². The number of sulfonamides is 1. The molecular formula is C18H17F3N2O5S. The van der Waals surface area contributed by atoms with Gasteiger partial charge >= 0.3 is 6.61 Å². The molecule has 156 valence electrons. The molecule has 1 fully saturated rings. The molecule has 0 spiro atoms. The topological polar surface area (TPSA) is 95.9 Å². The molecule has 2 aromatic carbocycles. The lowest BCUT2D eigenvalue weighted by molar-refractivity contribution is -0.119. The van der Waals surface area contributed by atoms with Crippen molar-refractivity contribution in [3.05, 3.63) is 54.3 Å². The summed E-state index contributed by atoms with van der Waals surface area (Å²) in [5.74, 6) is -1.41.